The van der Waals surface area contributed by atoms with E-state index in [0.29, 0.717) is 0 Å². The second-order valence-corrected chi connectivity index (χ2v) is 6.80. The van der Waals surface area contributed by atoms with Gasteiger partial charge in [-0.3, -0.25) is 0 Å². The van der Waals surface area contributed by atoms with E-state index in [1.165, 1.54) is 74.1 Å². The Labute approximate surface area is 147 Å². The summed E-state index contributed by atoms with van der Waals surface area (Å²) in [6, 6.07) is 15.2. The van der Waals surface area contributed by atoms with Crippen molar-refractivity contribution in [1.29, 1.82) is 0 Å². The molecule has 23 heavy (non-hydrogen) atoms. The van der Waals surface area contributed by atoms with Crippen LogP contribution in [0.4, 0.5) is 0 Å². The van der Waals surface area contributed by atoms with E-state index in [1.807, 2.05) is 0 Å². The van der Waals surface area contributed by atoms with Gasteiger partial charge in [0.1, 0.15) is 0 Å². The van der Waals surface area contributed by atoms with Crippen LogP contribution in [0.5, 0.6) is 0 Å². The molecule has 0 aromatic heterocycles. The van der Waals surface area contributed by atoms with Crippen molar-refractivity contribution in [3.05, 3.63) is 54.1 Å². The summed E-state index contributed by atoms with van der Waals surface area (Å²) in [7, 11) is 0. The Kier molecular flexibility index (Phi) is 8.94. The summed E-state index contributed by atoms with van der Waals surface area (Å²) in [5.41, 5.74) is 1.31. The number of fused-ring (bicyclic) bond motifs is 1. The van der Waals surface area contributed by atoms with Crippen molar-refractivity contribution in [3.8, 4) is 0 Å². The summed E-state index contributed by atoms with van der Waals surface area (Å²) in [6.07, 6.45) is 16.7. The highest BCUT2D eigenvalue weighted by Gasteiger charge is 1.93. The van der Waals surface area contributed by atoms with E-state index in [0.717, 1.165) is 5.75 Å². The predicted molar refractivity (Wildman–Crippen MR) is 108 cm³/mol. The highest BCUT2D eigenvalue weighted by atomic mass is 32.1. The SMILES string of the molecule is SCCCCCCCCCC/C=C/c1ccc2ccccc2c1. The second kappa shape index (κ2) is 11.3. The third kappa shape index (κ3) is 7.26. The first-order chi connectivity index (χ1) is 11.4. The topological polar surface area (TPSA) is 0 Å². The highest BCUT2D eigenvalue weighted by Crippen LogP contribution is 2.17. The van der Waals surface area contributed by atoms with Gasteiger partial charge in [-0.25, -0.2) is 0 Å². The highest BCUT2D eigenvalue weighted by molar-refractivity contribution is 7.80. The lowest BCUT2D eigenvalue weighted by molar-refractivity contribution is 0.579. The standard InChI is InChI=1S/C22H30S/c23-18-12-8-6-4-2-1-3-5-7-9-13-20-16-17-21-14-10-11-15-22(21)19-20/h9-11,13-17,19,23H,1-8,12,18H2/b13-9+. The zero-order valence-corrected chi connectivity index (χ0v) is 15.1. The molecular formula is C22H30S. The molecule has 0 saturated carbocycles. The quantitative estimate of drug-likeness (QED) is 0.325. The lowest BCUT2D eigenvalue weighted by Crippen LogP contribution is -1.81. The summed E-state index contributed by atoms with van der Waals surface area (Å²) in [5, 5.41) is 2.64. The van der Waals surface area contributed by atoms with Gasteiger partial charge < -0.3 is 0 Å². The average Bonchev–Trinajstić information content (AvgIpc) is 2.59. The van der Waals surface area contributed by atoms with Crippen molar-refractivity contribution >= 4 is 29.5 Å². The fraction of sp³-hybridized carbons (Fsp3) is 0.455. The molecule has 0 amide bonds. The van der Waals surface area contributed by atoms with Gasteiger partial charge in [-0.1, -0.05) is 87.1 Å². The van der Waals surface area contributed by atoms with Gasteiger partial charge >= 0.3 is 0 Å². The Hall–Kier alpha value is -1.21. The molecule has 2 aromatic carbocycles. The molecule has 2 aromatic rings. The smallest absolute Gasteiger partial charge is 0.00979 e. The molecule has 2 rings (SSSR count). The lowest BCUT2D eigenvalue weighted by Gasteiger charge is -2.01. The van der Waals surface area contributed by atoms with Gasteiger partial charge in [-0.05, 0) is 47.4 Å². The fourth-order valence-corrected chi connectivity index (χ4v) is 3.19. The Bertz CT molecular complexity index is 585. The Balaban J connectivity index is 1.57. The molecule has 0 bridgehead atoms. The Morgan fingerprint density at radius 3 is 2.09 bits per heavy atom. The molecule has 0 aliphatic carbocycles. The second-order valence-electron chi connectivity index (χ2n) is 6.35. The van der Waals surface area contributed by atoms with Crippen LogP contribution in [0, 0.1) is 0 Å². The van der Waals surface area contributed by atoms with Gasteiger partial charge in [-0.2, -0.15) is 12.6 Å². The average molecular weight is 327 g/mol. The van der Waals surface area contributed by atoms with Crippen molar-refractivity contribution in [1.82, 2.24) is 0 Å². The number of thiol groups is 1. The molecule has 0 unspecified atom stereocenters. The first kappa shape index (κ1) is 18.1. The minimum Gasteiger partial charge on any atom is -0.179 e. The van der Waals surface area contributed by atoms with Crippen LogP contribution >= 0.6 is 12.6 Å². The minimum atomic E-state index is 1.05. The number of benzene rings is 2. The number of unbranched alkanes of at least 4 members (excludes halogenated alkanes) is 8. The maximum absolute atomic E-state index is 4.25. The van der Waals surface area contributed by atoms with Crippen LogP contribution in [-0.4, -0.2) is 5.75 Å². The maximum Gasteiger partial charge on any atom is -0.00979 e. The normalized spacial score (nSPS) is 11.5. The molecule has 1 heteroatoms. The van der Waals surface area contributed by atoms with E-state index < -0.39 is 0 Å². The first-order valence-electron chi connectivity index (χ1n) is 9.16. The van der Waals surface area contributed by atoms with Crippen molar-refractivity contribution in [3.63, 3.8) is 0 Å². The molecule has 0 aliphatic rings. The summed E-state index contributed by atoms with van der Waals surface area (Å²) in [6.45, 7) is 0. The molecule has 0 N–H and O–H groups in total. The molecule has 0 saturated heterocycles. The van der Waals surface area contributed by atoms with Gasteiger partial charge in [0.25, 0.3) is 0 Å². The van der Waals surface area contributed by atoms with E-state index in [1.54, 1.807) is 0 Å². The number of allylic oxidation sites excluding steroid dienone is 1. The van der Waals surface area contributed by atoms with E-state index in [9.17, 15) is 0 Å². The number of hydrogen-bond acceptors (Lipinski definition) is 1. The minimum absolute atomic E-state index is 1.05. The van der Waals surface area contributed by atoms with Crippen LogP contribution in [0.15, 0.2) is 48.5 Å². The summed E-state index contributed by atoms with van der Waals surface area (Å²) >= 11 is 4.25. The van der Waals surface area contributed by atoms with Crippen LogP contribution in [0.25, 0.3) is 16.8 Å². The van der Waals surface area contributed by atoms with Crippen LogP contribution < -0.4 is 0 Å². The summed E-state index contributed by atoms with van der Waals surface area (Å²) in [5.74, 6) is 1.05. The summed E-state index contributed by atoms with van der Waals surface area (Å²) in [4.78, 5) is 0. The molecule has 0 radical (unpaired) electrons. The van der Waals surface area contributed by atoms with Gasteiger partial charge in [-0.15, -0.1) is 0 Å². The van der Waals surface area contributed by atoms with E-state index in [-0.39, 0.29) is 0 Å². The Morgan fingerprint density at radius 1 is 0.696 bits per heavy atom. The molecule has 0 aliphatic heterocycles. The Morgan fingerprint density at radius 2 is 1.35 bits per heavy atom. The van der Waals surface area contributed by atoms with Crippen molar-refractivity contribution in [2.45, 2.75) is 57.8 Å². The van der Waals surface area contributed by atoms with Crippen LogP contribution in [0.2, 0.25) is 0 Å². The molecule has 0 heterocycles. The van der Waals surface area contributed by atoms with Gasteiger partial charge in [0.05, 0.1) is 0 Å². The molecule has 0 atom stereocenters. The largest absolute Gasteiger partial charge is 0.179 e. The van der Waals surface area contributed by atoms with E-state index in [2.05, 4.69) is 67.2 Å². The van der Waals surface area contributed by atoms with Gasteiger partial charge in [0.15, 0.2) is 0 Å². The van der Waals surface area contributed by atoms with E-state index in [4.69, 9.17) is 0 Å². The van der Waals surface area contributed by atoms with Crippen molar-refractivity contribution < 1.29 is 0 Å². The molecule has 0 nitrogen and oxygen atoms in total. The number of rotatable bonds is 11. The fourth-order valence-electron chi connectivity index (χ4n) is 2.97. The van der Waals surface area contributed by atoms with Crippen LogP contribution in [0.1, 0.15) is 63.4 Å². The van der Waals surface area contributed by atoms with Gasteiger partial charge in [0.2, 0.25) is 0 Å². The predicted octanol–water partition coefficient (Wildman–Crippen LogP) is 7.29. The number of hydrogen-bond donors (Lipinski definition) is 1. The maximum atomic E-state index is 4.25. The molecule has 0 fully saturated rings. The molecular weight excluding hydrogens is 296 g/mol. The zero-order valence-electron chi connectivity index (χ0n) is 14.2. The van der Waals surface area contributed by atoms with Crippen LogP contribution in [0.3, 0.4) is 0 Å². The first-order valence-corrected chi connectivity index (χ1v) is 9.79. The summed E-state index contributed by atoms with van der Waals surface area (Å²) < 4.78 is 0. The zero-order chi connectivity index (χ0) is 16.2. The van der Waals surface area contributed by atoms with Crippen molar-refractivity contribution in [2.24, 2.45) is 0 Å². The van der Waals surface area contributed by atoms with Gasteiger partial charge in [0, 0.05) is 0 Å². The lowest BCUT2D eigenvalue weighted by atomic mass is 10.1. The van der Waals surface area contributed by atoms with Crippen molar-refractivity contribution in [2.75, 3.05) is 5.75 Å². The third-order valence-electron chi connectivity index (χ3n) is 4.36. The molecule has 0 spiro atoms. The third-order valence-corrected chi connectivity index (χ3v) is 4.68. The van der Waals surface area contributed by atoms with E-state index >= 15 is 0 Å². The molecule has 124 valence electrons. The monoisotopic (exact) mass is 326 g/mol. The van der Waals surface area contributed by atoms with Crippen LogP contribution in [-0.2, 0) is 0 Å².